The molecule has 0 fully saturated rings. The summed E-state index contributed by atoms with van der Waals surface area (Å²) in [7, 11) is 0. The van der Waals surface area contributed by atoms with Gasteiger partial charge >= 0.3 is 0 Å². The van der Waals surface area contributed by atoms with Gasteiger partial charge in [0.1, 0.15) is 0 Å². The lowest BCUT2D eigenvalue weighted by Crippen LogP contribution is -2.19. The van der Waals surface area contributed by atoms with Crippen LogP contribution in [0.2, 0.25) is 0 Å². The summed E-state index contributed by atoms with van der Waals surface area (Å²) in [6.45, 7) is 24.3. The molecule has 0 saturated carbocycles. The van der Waals surface area contributed by atoms with Crippen molar-refractivity contribution >= 4 is 6.21 Å². The van der Waals surface area contributed by atoms with Crippen LogP contribution < -0.4 is 0 Å². The summed E-state index contributed by atoms with van der Waals surface area (Å²) in [5, 5.41) is 6.99. The van der Waals surface area contributed by atoms with Gasteiger partial charge in [0.15, 0.2) is 0 Å². The molecule has 2 rings (SSSR count). The average Bonchev–Trinajstić information content (AvgIpc) is 2.82. The number of hydrogen-bond acceptors (Lipinski definition) is 1. The lowest BCUT2D eigenvalue weighted by molar-refractivity contribution is 0.413. The Morgan fingerprint density at radius 3 is 2.31 bits per heavy atom. The second-order valence-electron chi connectivity index (χ2n) is 12.2. The van der Waals surface area contributed by atoms with E-state index in [0.717, 1.165) is 19.3 Å². The molecule has 2 aliphatic rings. The molecule has 0 heterocycles. The molecule has 1 nitrogen and oxygen atoms in total. The fourth-order valence-corrected chi connectivity index (χ4v) is 3.77. The van der Waals surface area contributed by atoms with E-state index in [1.54, 1.807) is 6.08 Å². The van der Waals surface area contributed by atoms with Gasteiger partial charge in [0, 0.05) is 12.1 Å². The van der Waals surface area contributed by atoms with Crippen molar-refractivity contribution in [3.05, 3.63) is 83.6 Å². The number of fused-ring (bicyclic) bond motifs is 1. The number of hydrogen-bond donors (Lipinski definition) is 1. The van der Waals surface area contributed by atoms with Crippen molar-refractivity contribution < 1.29 is 0 Å². The Kier molecular flexibility index (Phi) is 16.3. The van der Waals surface area contributed by atoms with Crippen molar-refractivity contribution in [1.82, 2.24) is 0 Å². The van der Waals surface area contributed by atoms with Gasteiger partial charge in [-0.2, -0.15) is 0 Å². The zero-order valence-corrected chi connectivity index (χ0v) is 25.5. The van der Waals surface area contributed by atoms with Crippen LogP contribution in [-0.2, 0) is 0 Å². The normalized spacial score (nSPS) is 21.2. The SMILES string of the molecule is C/C(=C\CC(C)(C)C)C(C)(C)C.CC.CC(C)C=CC1C=C/C(=C/CC/C=C/C=N)C2=CC=CCC21. The Hall–Kier alpha value is -2.15. The third-order valence-corrected chi connectivity index (χ3v) is 6.35. The summed E-state index contributed by atoms with van der Waals surface area (Å²) < 4.78 is 0. The Morgan fingerprint density at radius 1 is 1.08 bits per heavy atom. The predicted molar refractivity (Wildman–Crippen MR) is 166 cm³/mol. The van der Waals surface area contributed by atoms with Crippen molar-refractivity contribution in [3.63, 3.8) is 0 Å². The quantitative estimate of drug-likeness (QED) is 0.208. The molecule has 0 radical (unpaired) electrons. The summed E-state index contributed by atoms with van der Waals surface area (Å²) in [6.07, 6.45) is 30.4. The van der Waals surface area contributed by atoms with E-state index in [1.165, 1.54) is 29.4 Å². The molecule has 2 aliphatic carbocycles. The Balaban J connectivity index is 0.000000746. The van der Waals surface area contributed by atoms with E-state index >= 15 is 0 Å². The van der Waals surface area contributed by atoms with E-state index in [2.05, 4.69) is 123 Å². The van der Waals surface area contributed by atoms with Crippen LogP contribution in [-0.4, -0.2) is 6.21 Å². The molecule has 0 saturated heterocycles. The standard InChI is InChI=1S/C21H27N.C12H24.C2H6/c1-17(2)12-13-19-15-14-18(9-5-3-4-8-16-22)20-10-6-7-11-21(19)20;1-10(12(5,6)7)8-9-11(2,3)4;1-2/h4,6-10,12-17,19,21-22H,3,5,11H2,1-2H3;8H,9H2,1-7H3;1-2H3/b8-4+,13-12?,18-9-,22-16?;10-8+;. The molecular formula is C35H57N. The van der Waals surface area contributed by atoms with E-state index < -0.39 is 0 Å². The molecule has 36 heavy (non-hydrogen) atoms. The highest BCUT2D eigenvalue weighted by molar-refractivity contribution is 5.67. The van der Waals surface area contributed by atoms with E-state index in [0.29, 0.717) is 28.6 Å². The number of nitrogens with one attached hydrogen (secondary N) is 1. The van der Waals surface area contributed by atoms with Gasteiger partial charge in [-0.1, -0.05) is 136 Å². The Labute approximate surface area is 225 Å². The van der Waals surface area contributed by atoms with Crippen LogP contribution in [0.25, 0.3) is 0 Å². The second-order valence-corrected chi connectivity index (χ2v) is 12.2. The molecule has 0 aliphatic heterocycles. The maximum atomic E-state index is 6.99. The molecule has 0 aromatic carbocycles. The molecule has 2 atom stereocenters. The van der Waals surface area contributed by atoms with E-state index in [9.17, 15) is 0 Å². The first-order valence-electron chi connectivity index (χ1n) is 14.1. The smallest absolute Gasteiger partial charge is 0.0174 e. The van der Waals surface area contributed by atoms with Crippen molar-refractivity contribution in [2.45, 2.75) is 102 Å². The minimum atomic E-state index is 0.339. The number of rotatable bonds is 7. The summed E-state index contributed by atoms with van der Waals surface area (Å²) >= 11 is 0. The third kappa shape index (κ3) is 14.4. The van der Waals surface area contributed by atoms with Crippen LogP contribution in [0, 0.1) is 34.0 Å². The first-order chi connectivity index (χ1) is 16.8. The zero-order chi connectivity index (χ0) is 27.8. The van der Waals surface area contributed by atoms with Gasteiger partial charge in [-0.3, -0.25) is 0 Å². The molecule has 0 aromatic heterocycles. The number of unbranched alkanes of at least 4 members (excludes halogenated alkanes) is 1. The third-order valence-electron chi connectivity index (χ3n) is 6.35. The van der Waals surface area contributed by atoms with Crippen LogP contribution in [0.3, 0.4) is 0 Å². The monoisotopic (exact) mass is 491 g/mol. The van der Waals surface area contributed by atoms with Gasteiger partial charge in [0.05, 0.1) is 0 Å². The minimum absolute atomic E-state index is 0.339. The van der Waals surface area contributed by atoms with Crippen LogP contribution in [0.15, 0.2) is 83.6 Å². The lowest BCUT2D eigenvalue weighted by atomic mass is 9.73. The molecule has 0 aromatic rings. The summed E-state index contributed by atoms with van der Waals surface area (Å²) in [5.41, 5.74) is 5.13. The highest BCUT2D eigenvalue weighted by Crippen LogP contribution is 2.39. The van der Waals surface area contributed by atoms with Crippen molar-refractivity contribution in [1.29, 1.82) is 5.41 Å². The molecular weight excluding hydrogens is 434 g/mol. The van der Waals surface area contributed by atoms with Crippen molar-refractivity contribution in [3.8, 4) is 0 Å². The fourth-order valence-electron chi connectivity index (χ4n) is 3.77. The molecule has 2 unspecified atom stereocenters. The predicted octanol–water partition coefficient (Wildman–Crippen LogP) is 11.2. The van der Waals surface area contributed by atoms with Crippen molar-refractivity contribution in [2.75, 3.05) is 0 Å². The van der Waals surface area contributed by atoms with Crippen LogP contribution in [0.4, 0.5) is 0 Å². The van der Waals surface area contributed by atoms with E-state index in [-0.39, 0.29) is 0 Å². The lowest BCUT2D eigenvalue weighted by Gasteiger charge is -2.31. The summed E-state index contributed by atoms with van der Waals surface area (Å²) in [6, 6.07) is 0. The van der Waals surface area contributed by atoms with Gasteiger partial charge in [-0.15, -0.1) is 0 Å². The molecule has 1 heteroatoms. The number of allylic oxidation sites excluding steroid dienone is 14. The van der Waals surface area contributed by atoms with Gasteiger partial charge in [0.25, 0.3) is 0 Å². The maximum absolute atomic E-state index is 6.99. The molecule has 202 valence electrons. The van der Waals surface area contributed by atoms with Gasteiger partial charge in [0.2, 0.25) is 0 Å². The second kappa shape index (κ2) is 17.3. The van der Waals surface area contributed by atoms with E-state index in [1.807, 2.05) is 13.8 Å². The van der Waals surface area contributed by atoms with Gasteiger partial charge in [-0.25, -0.2) is 0 Å². The van der Waals surface area contributed by atoms with Crippen LogP contribution >= 0.6 is 0 Å². The molecule has 0 bridgehead atoms. The zero-order valence-electron chi connectivity index (χ0n) is 25.5. The van der Waals surface area contributed by atoms with Crippen LogP contribution in [0.5, 0.6) is 0 Å². The van der Waals surface area contributed by atoms with Gasteiger partial charge in [-0.05, 0) is 72.5 Å². The summed E-state index contributed by atoms with van der Waals surface area (Å²) in [4.78, 5) is 0. The first kappa shape index (κ1) is 33.8. The Bertz CT molecular complexity index is 838. The summed E-state index contributed by atoms with van der Waals surface area (Å²) in [5.74, 6) is 1.72. The maximum Gasteiger partial charge on any atom is 0.0174 e. The first-order valence-corrected chi connectivity index (χ1v) is 14.1. The highest BCUT2D eigenvalue weighted by atomic mass is 14.3. The molecule has 0 amide bonds. The fraction of sp³-hybridized carbons (Fsp3) is 0.571. The largest absolute Gasteiger partial charge is 0.309 e. The minimum Gasteiger partial charge on any atom is -0.309 e. The van der Waals surface area contributed by atoms with E-state index in [4.69, 9.17) is 5.41 Å². The average molecular weight is 492 g/mol. The molecule has 1 N–H and O–H groups in total. The molecule has 0 spiro atoms. The van der Waals surface area contributed by atoms with Gasteiger partial charge < -0.3 is 5.41 Å². The van der Waals surface area contributed by atoms with Crippen molar-refractivity contribution in [2.24, 2.45) is 28.6 Å². The topological polar surface area (TPSA) is 23.9 Å². The highest BCUT2D eigenvalue weighted by Gasteiger charge is 2.26. The Morgan fingerprint density at radius 2 is 1.75 bits per heavy atom. The van der Waals surface area contributed by atoms with Crippen LogP contribution in [0.1, 0.15) is 102 Å².